The van der Waals surface area contributed by atoms with Gasteiger partial charge in [0.1, 0.15) is 0 Å². The first-order valence-corrected chi connectivity index (χ1v) is 8.38. The molecule has 0 bridgehead atoms. The van der Waals surface area contributed by atoms with Crippen LogP contribution >= 0.6 is 0 Å². The molecule has 6 nitrogen and oxygen atoms in total. The van der Waals surface area contributed by atoms with Crippen LogP contribution in [0.1, 0.15) is 38.7 Å². The quantitative estimate of drug-likeness (QED) is 0.570. The summed E-state index contributed by atoms with van der Waals surface area (Å²) in [5.74, 6) is -0.258. The van der Waals surface area contributed by atoms with Gasteiger partial charge in [0.05, 0.1) is 24.1 Å². The van der Waals surface area contributed by atoms with Gasteiger partial charge in [0.2, 0.25) is 0 Å². The molecule has 3 rings (SSSR count). The molecule has 1 aromatic carbocycles. The van der Waals surface area contributed by atoms with Crippen molar-refractivity contribution in [1.29, 1.82) is 0 Å². The van der Waals surface area contributed by atoms with Crippen molar-refractivity contribution in [3.63, 3.8) is 0 Å². The Morgan fingerprint density at radius 2 is 1.88 bits per heavy atom. The van der Waals surface area contributed by atoms with Gasteiger partial charge in [-0.3, -0.25) is 14.5 Å². The zero-order chi connectivity index (χ0) is 18.5. The van der Waals surface area contributed by atoms with Gasteiger partial charge in [-0.2, -0.15) is 10.2 Å². The minimum absolute atomic E-state index is 0.258. The number of carbonyl (C=O) groups is 1. The maximum atomic E-state index is 12.2. The molecule has 2 aromatic heterocycles. The molecule has 6 heteroatoms. The number of rotatable bonds is 5. The maximum Gasteiger partial charge on any atom is 0.271 e. The van der Waals surface area contributed by atoms with E-state index in [2.05, 4.69) is 20.6 Å². The second kappa shape index (κ2) is 7.74. The van der Waals surface area contributed by atoms with Crippen molar-refractivity contribution in [2.24, 2.45) is 5.10 Å². The SMILES string of the molecule is Cc1cccc(C=NNC(=O)c2ccc(Cn3nc(C)cc3C)cc2)n1. The molecule has 26 heavy (non-hydrogen) atoms. The van der Waals surface area contributed by atoms with E-state index in [-0.39, 0.29) is 5.91 Å². The van der Waals surface area contributed by atoms with Crippen LogP contribution in [-0.2, 0) is 6.54 Å². The number of nitrogens with one attached hydrogen (secondary N) is 1. The smallest absolute Gasteiger partial charge is 0.267 e. The van der Waals surface area contributed by atoms with Gasteiger partial charge >= 0.3 is 0 Å². The number of hydrogen-bond acceptors (Lipinski definition) is 4. The topological polar surface area (TPSA) is 72.2 Å². The van der Waals surface area contributed by atoms with Crippen molar-refractivity contribution in [1.82, 2.24) is 20.2 Å². The highest BCUT2D eigenvalue weighted by Gasteiger charge is 2.06. The van der Waals surface area contributed by atoms with Gasteiger partial charge in [-0.25, -0.2) is 5.43 Å². The zero-order valence-corrected chi connectivity index (χ0v) is 15.1. The van der Waals surface area contributed by atoms with Crippen molar-refractivity contribution >= 4 is 12.1 Å². The fourth-order valence-electron chi connectivity index (χ4n) is 2.63. The summed E-state index contributed by atoms with van der Waals surface area (Å²) >= 11 is 0. The second-order valence-electron chi connectivity index (χ2n) is 6.18. The lowest BCUT2D eigenvalue weighted by Gasteiger charge is -2.06. The second-order valence-corrected chi connectivity index (χ2v) is 6.18. The molecule has 0 aliphatic rings. The molecule has 0 saturated carbocycles. The molecule has 0 radical (unpaired) electrons. The number of hydrazone groups is 1. The van der Waals surface area contributed by atoms with E-state index >= 15 is 0 Å². The van der Waals surface area contributed by atoms with Crippen molar-refractivity contribution in [2.75, 3.05) is 0 Å². The molecule has 0 fully saturated rings. The van der Waals surface area contributed by atoms with Crippen molar-refractivity contribution < 1.29 is 4.79 Å². The fourth-order valence-corrected chi connectivity index (χ4v) is 2.63. The van der Waals surface area contributed by atoms with E-state index in [1.54, 1.807) is 12.1 Å². The molecule has 0 aliphatic heterocycles. The Labute approximate surface area is 152 Å². The van der Waals surface area contributed by atoms with Gasteiger partial charge in [-0.1, -0.05) is 18.2 Å². The molecule has 3 aromatic rings. The van der Waals surface area contributed by atoms with Crippen LogP contribution < -0.4 is 5.43 Å². The van der Waals surface area contributed by atoms with Gasteiger partial charge in [0, 0.05) is 17.0 Å². The lowest BCUT2D eigenvalue weighted by molar-refractivity contribution is 0.0955. The summed E-state index contributed by atoms with van der Waals surface area (Å²) < 4.78 is 1.95. The van der Waals surface area contributed by atoms with Crippen molar-refractivity contribution in [2.45, 2.75) is 27.3 Å². The Bertz CT molecular complexity index is 941. The Morgan fingerprint density at radius 3 is 2.54 bits per heavy atom. The number of pyridine rings is 1. The molecule has 0 saturated heterocycles. The summed E-state index contributed by atoms with van der Waals surface area (Å²) in [5, 5.41) is 8.41. The van der Waals surface area contributed by atoms with E-state index in [0.717, 1.165) is 22.6 Å². The minimum atomic E-state index is -0.258. The van der Waals surface area contributed by atoms with E-state index in [0.29, 0.717) is 17.8 Å². The van der Waals surface area contributed by atoms with Crippen molar-refractivity contribution in [3.8, 4) is 0 Å². The van der Waals surface area contributed by atoms with E-state index in [1.807, 2.05) is 61.9 Å². The zero-order valence-electron chi connectivity index (χ0n) is 15.1. The minimum Gasteiger partial charge on any atom is -0.267 e. The summed E-state index contributed by atoms with van der Waals surface area (Å²) in [4.78, 5) is 16.5. The normalized spacial score (nSPS) is 11.0. The highest BCUT2D eigenvalue weighted by molar-refractivity contribution is 5.94. The fraction of sp³-hybridized carbons (Fsp3) is 0.200. The summed E-state index contributed by atoms with van der Waals surface area (Å²) in [7, 11) is 0. The summed E-state index contributed by atoms with van der Waals surface area (Å²) in [6, 6.07) is 15.1. The van der Waals surface area contributed by atoms with E-state index in [4.69, 9.17) is 0 Å². The Kier molecular flexibility index (Phi) is 5.22. The molecule has 0 aliphatic carbocycles. The van der Waals surface area contributed by atoms with E-state index < -0.39 is 0 Å². The van der Waals surface area contributed by atoms with Gasteiger partial charge in [0.25, 0.3) is 5.91 Å². The molecule has 1 amide bonds. The Hall–Kier alpha value is -3.28. The van der Waals surface area contributed by atoms with Crippen LogP contribution in [0.15, 0.2) is 53.6 Å². The summed E-state index contributed by atoms with van der Waals surface area (Å²) in [6.07, 6.45) is 1.53. The summed E-state index contributed by atoms with van der Waals surface area (Å²) in [5.41, 5.74) is 7.87. The first-order chi connectivity index (χ1) is 12.5. The lowest BCUT2D eigenvalue weighted by Crippen LogP contribution is -2.17. The van der Waals surface area contributed by atoms with Gasteiger partial charge < -0.3 is 0 Å². The van der Waals surface area contributed by atoms with E-state index in [9.17, 15) is 4.79 Å². The predicted octanol–water partition coefficient (Wildman–Crippen LogP) is 3.02. The molecular weight excluding hydrogens is 326 g/mol. The third-order valence-corrected chi connectivity index (χ3v) is 3.92. The van der Waals surface area contributed by atoms with Crippen LogP contribution in [0.4, 0.5) is 0 Å². The summed E-state index contributed by atoms with van der Waals surface area (Å²) in [6.45, 7) is 6.59. The highest BCUT2D eigenvalue weighted by Crippen LogP contribution is 2.09. The van der Waals surface area contributed by atoms with Crippen LogP contribution in [0.5, 0.6) is 0 Å². The first kappa shape index (κ1) is 17.5. The Morgan fingerprint density at radius 1 is 1.12 bits per heavy atom. The number of hydrogen-bond donors (Lipinski definition) is 1. The van der Waals surface area contributed by atoms with E-state index in [1.165, 1.54) is 6.21 Å². The van der Waals surface area contributed by atoms with Crippen LogP contribution in [-0.4, -0.2) is 26.9 Å². The van der Waals surface area contributed by atoms with Gasteiger partial charge in [-0.15, -0.1) is 0 Å². The average Bonchev–Trinajstić information content (AvgIpc) is 2.93. The number of carbonyl (C=O) groups excluding carboxylic acids is 1. The number of nitrogens with zero attached hydrogens (tertiary/aromatic N) is 4. The first-order valence-electron chi connectivity index (χ1n) is 8.38. The number of aromatic nitrogens is 3. The Balaban J connectivity index is 1.61. The third kappa shape index (κ3) is 4.42. The standard InChI is InChI=1S/C20H21N5O/c1-14-5-4-6-19(22-14)12-21-23-20(26)18-9-7-17(8-10-18)13-25-16(3)11-15(2)24-25/h4-12H,13H2,1-3H3,(H,23,26). The number of amides is 1. The maximum absolute atomic E-state index is 12.2. The average molecular weight is 347 g/mol. The highest BCUT2D eigenvalue weighted by atomic mass is 16.2. The van der Waals surface area contributed by atoms with Crippen LogP contribution in [0.3, 0.4) is 0 Å². The molecule has 1 N–H and O–H groups in total. The number of aryl methyl sites for hydroxylation is 3. The molecular formula is C20H21N5O. The third-order valence-electron chi connectivity index (χ3n) is 3.92. The molecule has 0 spiro atoms. The predicted molar refractivity (Wildman–Crippen MR) is 101 cm³/mol. The number of benzene rings is 1. The van der Waals surface area contributed by atoms with Crippen LogP contribution in [0.25, 0.3) is 0 Å². The lowest BCUT2D eigenvalue weighted by atomic mass is 10.1. The largest absolute Gasteiger partial charge is 0.271 e. The van der Waals surface area contributed by atoms with Crippen molar-refractivity contribution in [3.05, 3.63) is 82.4 Å². The van der Waals surface area contributed by atoms with Crippen LogP contribution in [0, 0.1) is 20.8 Å². The molecule has 2 heterocycles. The molecule has 132 valence electrons. The van der Waals surface area contributed by atoms with Gasteiger partial charge in [-0.05, 0) is 56.7 Å². The molecule has 0 unspecified atom stereocenters. The van der Waals surface area contributed by atoms with Crippen LogP contribution in [0.2, 0.25) is 0 Å². The monoisotopic (exact) mass is 347 g/mol. The van der Waals surface area contributed by atoms with Gasteiger partial charge in [0.15, 0.2) is 0 Å². The molecule has 0 atom stereocenters.